The number of carbonyl (C=O) groups excluding carboxylic acids is 2. The molecule has 1 aliphatic rings. The van der Waals surface area contributed by atoms with E-state index in [0.29, 0.717) is 0 Å². The van der Waals surface area contributed by atoms with Crippen molar-refractivity contribution in [2.75, 3.05) is 7.11 Å². The Bertz CT molecular complexity index is 343. The molecule has 0 bridgehead atoms. The van der Waals surface area contributed by atoms with E-state index >= 15 is 0 Å². The average molecular weight is 230 g/mol. The van der Waals surface area contributed by atoms with Crippen molar-refractivity contribution in [3.8, 4) is 0 Å². The van der Waals surface area contributed by atoms with E-state index in [1.807, 2.05) is 0 Å². The molecule has 0 unspecified atom stereocenters. The van der Waals surface area contributed by atoms with E-state index in [4.69, 9.17) is 4.74 Å². The van der Waals surface area contributed by atoms with Crippen molar-refractivity contribution in [1.82, 2.24) is 0 Å². The van der Waals surface area contributed by atoms with Gasteiger partial charge in [0.1, 0.15) is 17.5 Å². The highest BCUT2D eigenvalue weighted by atomic mass is 16.6. The Hall–Kier alpha value is -1.40. The number of aliphatic hydroxyl groups is 2. The minimum atomic E-state index is -1.90. The quantitative estimate of drug-likeness (QED) is 0.600. The smallest absolute Gasteiger partial charge is 0.303 e. The number of carbonyl (C=O) groups is 2. The van der Waals surface area contributed by atoms with Gasteiger partial charge in [0.25, 0.3) is 0 Å². The topological polar surface area (TPSA) is 93.1 Å². The summed E-state index contributed by atoms with van der Waals surface area (Å²) in [4.78, 5) is 22.3. The van der Waals surface area contributed by atoms with Gasteiger partial charge in [-0.15, -0.1) is 0 Å². The fourth-order valence-corrected chi connectivity index (χ4v) is 1.53. The molecular weight excluding hydrogens is 216 g/mol. The van der Waals surface area contributed by atoms with Crippen LogP contribution in [0, 0.1) is 0 Å². The van der Waals surface area contributed by atoms with Crippen LogP contribution in [0.5, 0.6) is 0 Å². The van der Waals surface area contributed by atoms with Crippen LogP contribution in [0.15, 0.2) is 11.8 Å². The number of aliphatic hydroxyl groups excluding tert-OH is 1. The minimum absolute atomic E-state index is 0.0570. The zero-order chi connectivity index (χ0) is 12.5. The highest BCUT2D eigenvalue weighted by Crippen LogP contribution is 2.29. The van der Waals surface area contributed by atoms with E-state index in [1.54, 1.807) is 0 Å². The van der Waals surface area contributed by atoms with E-state index in [-0.39, 0.29) is 5.76 Å². The molecule has 0 saturated carbocycles. The van der Waals surface area contributed by atoms with Crippen LogP contribution >= 0.6 is 0 Å². The molecule has 0 saturated heterocycles. The number of ketones is 1. The Balaban J connectivity index is 3.08. The van der Waals surface area contributed by atoms with Crippen LogP contribution < -0.4 is 0 Å². The maximum absolute atomic E-state index is 11.6. The maximum Gasteiger partial charge on any atom is 0.303 e. The molecule has 0 aromatic rings. The highest BCUT2D eigenvalue weighted by Gasteiger charge is 2.50. The molecular formula is C10H14O6. The largest absolute Gasteiger partial charge is 0.498 e. The molecule has 0 radical (unpaired) electrons. The second-order valence-electron chi connectivity index (χ2n) is 3.77. The van der Waals surface area contributed by atoms with Gasteiger partial charge in [0.15, 0.2) is 6.10 Å². The monoisotopic (exact) mass is 230 g/mol. The predicted octanol–water partition coefficient (Wildman–Crippen LogP) is -0.857. The minimum Gasteiger partial charge on any atom is -0.498 e. The lowest BCUT2D eigenvalue weighted by molar-refractivity contribution is -0.182. The predicted molar refractivity (Wildman–Crippen MR) is 52.3 cm³/mol. The zero-order valence-electron chi connectivity index (χ0n) is 9.26. The van der Waals surface area contributed by atoms with Gasteiger partial charge < -0.3 is 19.7 Å². The first-order chi connectivity index (χ1) is 7.30. The van der Waals surface area contributed by atoms with Crippen molar-refractivity contribution < 1.29 is 29.3 Å². The molecule has 0 amide bonds. The molecule has 90 valence electrons. The van der Waals surface area contributed by atoms with E-state index in [0.717, 1.165) is 13.0 Å². The number of hydrogen-bond donors (Lipinski definition) is 2. The second-order valence-corrected chi connectivity index (χ2v) is 3.77. The van der Waals surface area contributed by atoms with Gasteiger partial charge in [0.2, 0.25) is 5.78 Å². The van der Waals surface area contributed by atoms with Crippen LogP contribution in [-0.2, 0) is 19.1 Å². The number of hydrogen-bond acceptors (Lipinski definition) is 6. The summed E-state index contributed by atoms with van der Waals surface area (Å²) in [6.45, 7) is 2.32. The Labute approximate surface area is 92.5 Å². The number of methoxy groups -OCH3 is 1. The van der Waals surface area contributed by atoms with Gasteiger partial charge >= 0.3 is 5.97 Å². The van der Waals surface area contributed by atoms with E-state index in [2.05, 4.69) is 4.74 Å². The van der Waals surface area contributed by atoms with Crippen molar-refractivity contribution in [1.29, 1.82) is 0 Å². The lowest BCUT2D eigenvalue weighted by Crippen LogP contribution is -2.58. The summed E-state index contributed by atoms with van der Waals surface area (Å²) in [7, 11) is 1.27. The third-order valence-corrected chi connectivity index (χ3v) is 2.42. The van der Waals surface area contributed by atoms with Gasteiger partial charge in [-0.1, -0.05) is 0 Å². The summed E-state index contributed by atoms with van der Waals surface area (Å²) in [5.41, 5.74) is -1.90. The van der Waals surface area contributed by atoms with Crippen molar-refractivity contribution in [2.24, 2.45) is 0 Å². The highest BCUT2D eigenvalue weighted by molar-refractivity contribution is 5.97. The molecule has 0 heterocycles. The lowest BCUT2D eigenvalue weighted by Gasteiger charge is -2.37. The number of esters is 1. The first-order valence-electron chi connectivity index (χ1n) is 4.67. The van der Waals surface area contributed by atoms with Crippen LogP contribution in [-0.4, -0.2) is 46.9 Å². The lowest BCUT2D eigenvalue weighted by atomic mass is 9.83. The van der Waals surface area contributed by atoms with Crippen molar-refractivity contribution >= 4 is 11.8 Å². The third-order valence-electron chi connectivity index (χ3n) is 2.42. The SMILES string of the molecule is COC1=CC(=O)[C@H](OC(C)=O)[C@@](C)(O)[C@H]1O. The van der Waals surface area contributed by atoms with Crippen LogP contribution in [0.25, 0.3) is 0 Å². The summed E-state index contributed by atoms with van der Waals surface area (Å²) in [5.74, 6) is -1.39. The molecule has 0 aromatic heterocycles. The number of ether oxygens (including phenoxy) is 2. The summed E-state index contributed by atoms with van der Waals surface area (Å²) in [6, 6.07) is 0. The Morgan fingerprint density at radius 1 is 1.56 bits per heavy atom. The standard InChI is InChI=1S/C10H14O6/c1-5(11)16-9-6(12)4-7(15-3)8(13)10(9,2)14/h4,8-9,13-14H,1-3H3/t8-,9-,10-/m0/s1. The molecule has 0 spiro atoms. The molecule has 16 heavy (non-hydrogen) atoms. The molecule has 0 aliphatic heterocycles. The van der Waals surface area contributed by atoms with E-state index in [9.17, 15) is 19.8 Å². The fourth-order valence-electron chi connectivity index (χ4n) is 1.53. The van der Waals surface area contributed by atoms with E-state index in [1.165, 1.54) is 14.0 Å². The molecule has 6 nitrogen and oxygen atoms in total. The molecule has 6 heteroatoms. The summed E-state index contributed by atoms with van der Waals surface area (Å²) in [6.07, 6.45) is -1.82. The van der Waals surface area contributed by atoms with E-state index < -0.39 is 29.6 Å². The third kappa shape index (κ3) is 2.07. The summed E-state index contributed by atoms with van der Waals surface area (Å²) >= 11 is 0. The van der Waals surface area contributed by atoms with Gasteiger partial charge in [-0.05, 0) is 6.92 Å². The molecule has 0 aromatic carbocycles. The van der Waals surface area contributed by atoms with Gasteiger partial charge in [0.05, 0.1) is 7.11 Å². The normalized spacial score (nSPS) is 34.3. The Kier molecular flexibility index (Phi) is 3.35. The van der Waals surface area contributed by atoms with Gasteiger partial charge in [-0.2, -0.15) is 0 Å². The van der Waals surface area contributed by atoms with Crippen LogP contribution in [0.4, 0.5) is 0 Å². The molecule has 2 N–H and O–H groups in total. The van der Waals surface area contributed by atoms with Gasteiger partial charge in [-0.25, -0.2) is 0 Å². The summed E-state index contributed by atoms with van der Waals surface area (Å²) in [5, 5.41) is 19.7. The first-order valence-corrected chi connectivity index (χ1v) is 4.67. The van der Waals surface area contributed by atoms with Gasteiger partial charge in [0, 0.05) is 13.0 Å². The second kappa shape index (κ2) is 4.23. The zero-order valence-corrected chi connectivity index (χ0v) is 9.26. The Morgan fingerprint density at radius 2 is 2.12 bits per heavy atom. The van der Waals surface area contributed by atoms with Gasteiger partial charge in [-0.3, -0.25) is 9.59 Å². The Morgan fingerprint density at radius 3 is 2.56 bits per heavy atom. The fraction of sp³-hybridized carbons (Fsp3) is 0.600. The van der Waals surface area contributed by atoms with Crippen molar-refractivity contribution in [3.05, 3.63) is 11.8 Å². The van der Waals surface area contributed by atoms with Crippen LogP contribution in [0.2, 0.25) is 0 Å². The first kappa shape index (κ1) is 12.7. The summed E-state index contributed by atoms with van der Waals surface area (Å²) < 4.78 is 9.44. The number of rotatable bonds is 2. The maximum atomic E-state index is 11.6. The van der Waals surface area contributed by atoms with Crippen LogP contribution in [0.1, 0.15) is 13.8 Å². The van der Waals surface area contributed by atoms with Crippen molar-refractivity contribution in [2.45, 2.75) is 31.7 Å². The molecule has 0 fully saturated rings. The molecule has 1 aliphatic carbocycles. The van der Waals surface area contributed by atoms with Crippen LogP contribution in [0.3, 0.4) is 0 Å². The molecule has 3 atom stereocenters. The molecule has 1 rings (SSSR count). The van der Waals surface area contributed by atoms with Crippen molar-refractivity contribution in [3.63, 3.8) is 0 Å². The average Bonchev–Trinajstić information content (AvgIpc) is 2.18.